The lowest BCUT2D eigenvalue weighted by molar-refractivity contribution is -0.384. The molecule has 1 atom stereocenters. The van der Waals surface area contributed by atoms with Crippen molar-refractivity contribution < 1.29 is 4.92 Å². The molecule has 0 radical (unpaired) electrons. The minimum absolute atomic E-state index is 0.237. The molecule has 4 rings (SSSR count). The van der Waals surface area contributed by atoms with E-state index in [1.165, 1.54) is 16.7 Å². The Morgan fingerprint density at radius 3 is 2.81 bits per heavy atom. The monoisotopic (exact) mass is 280 g/mol. The van der Waals surface area contributed by atoms with Gasteiger partial charge in [0, 0.05) is 18.7 Å². The van der Waals surface area contributed by atoms with E-state index < -0.39 is 0 Å². The first-order chi connectivity index (χ1) is 10.2. The predicted molar refractivity (Wildman–Crippen MR) is 81.3 cm³/mol. The second kappa shape index (κ2) is 4.40. The highest BCUT2D eigenvalue weighted by atomic mass is 16.6. The fourth-order valence-electron chi connectivity index (χ4n) is 3.77. The number of hydrogen-bond donors (Lipinski definition) is 0. The first-order valence-electron chi connectivity index (χ1n) is 7.25. The normalized spacial score (nSPS) is 19.8. The second-order valence-corrected chi connectivity index (χ2v) is 5.90. The Morgan fingerprint density at radius 2 is 2.00 bits per heavy atom. The molecule has 4 heteroatoms. The zero-order valence-corrected chi connectivity index (χ0v) is 11.9. The standard InChI is InChI=1S/C17H16N2O2/c1-18-9-8-11-6-7-14(19(20)21)17-13-5-3-2-4-12(13)10-15(18)16(11)17/h2-7,15H,8-10H2,1H3. The summed E-state index contributed by atoms with van der Waals surface area (Å²) in [5.74, 6) is 0. The number of fused-ring (bicyclic) bond motifs is 2. The van der Waals surface area contributed by atoms with Crippen LogP contribution in [-0.2, 0) is 12.8 Å². The Labute approximate surface area is 123 Å². The van der Waals surface area contributed by atoms with Crippen molar-refractivity contribution >= 4 is 5.69 Å². The average Bonchev–Trinajstić information content (AvgIpc) is 2.50. The smallest absolute Gasteiger partial charge is 0.277 e. The Kier molecular flexibility index (Phi) is 2.62. The molecular weight excluding hydrogens is 264 g/mol. The summed E-state index contributed by atoms with van der Waals surface area (Å²) >= 11 is 0. The molecule has 2 aromatic carbocycles. The molecule has 21 heavy (non-hydrogen) atoms. The summed E-state index contributed by atoms with van der Waals surface area (Å²) in [4.78, 5) is 13.6. The third-order valence-electron chi connectivity index (χ3n) is 4.81. The van der Waals surface area contributed by atoms with E-state index in [0.717, 1.165) is 30.5 Å². The molecule has 1 unspecified atom stereocenters. The molecule has 0 fully saturated rings. The predicted octanol–water partition coefficient (Wildman–Crippen LogP) is 3.35. The van der Waals surface area contributed by atoms with Crippen molar-refractivity contribution in [2.24, 2.45) is 0 Å². The van der Waals surface area contributed by atoms with E-state index in [-0.39, 0.29) is 16.7 Å². The van der Waals surface area contributed by atoms with Gasteiger partial charge >= 0.3 is 0 Å². The van der Waals surface area contributed by atoms with Gasteiger partial charge in [-0.15, -0.1) is 0 Å². The third-order valence-corrected chi connectivity index (χ3v) is 4.81. The number of likely N-dealkylation sites (N-methyl/N-ethyl adjacent to an activating group) is 1. The summed E-state index contributed by atoms with van der Waals surface area (Å²) in [6.45, 7) is 1.01. The largest absolute Gasteiger partial charge is 0.299 e. The number of nitrogens with zero attached hydrogens (tertiary/aromatic N) is 2. The molecule has 0 bridgehead atoms. The molecule has 2 aromatic rings. The van der Waals surface area contributed by atoms with Crippen LogP contribution >= 0.6 is 0 Å². The SMILES string of the molecule is CN1CCc2ccc([N+](=O)[O-])c3c2C1Cc1ccccc1-3. The van der Waals surface area contributed by atoms with Gasteiger partial charge in [0.2, 0.25) is 0 Å². The first kappa shape index (κ1) is 12.5. The maximum absolute atomic E-state index is 11.5. The summed E-state index contributed by atoms with van der Waals surface area (Å²) < 4.78 is 0. The molecule has 0 N–H and O–H groups in total. The van der Waals surface area contributed by atoms with E-state index in [9.17, 15) is 10.1 Å². The summed E-state index contributed by atoms with van der Waals surface area (Å²) in [5.41, 5.74) is 5.78. The quantitative estimate of drug-likeness (QED) is 0.594. The van der Waals surface area contributed by atoms with Gasteiger partial charge in [0.05, 0.1) is 10.5 Å². The molecule has 4 nitrogen and oxygen atoms in total. The van der Waals surface area contributed by atoms with E-state index in [2.05, 4.69) is 18.0 Å². The van der Waals surface area contributed by atoms with E-state index in [1.807, 2.05) is 24.3 Å². The van der Waals surface area contributed by atoms with Crippen LogP contribution in [0.5, 0.6) is 0 Å². The Bertz CT molecular complexity index is 754. The molecule has 1 heterocycles. The Hall–Kier alpha value is -2.20. The van der Waals surface area contributed by atoms with Gasteiger partial charge in [0.25, 0.3) is 5.69 Å². The van der Waals surface area contributed by atoms with Crippen LogP contribution in [0.15, 0.2) is 36.4 Å². The molecule has 0 spiro atoms. The summed E-state index contributed by atoms with van der Waals surface area (Å²) in [6.07, 6.45) is 1.91. The fraction of sp³-hybridized carbons (Fsp3) is 0.294. The maximum atomic E-state index is 11.5. The number of hydrogen-bond acceptors (Lipinski definition) is 3. The van der Waals surface area contributed by atoms with Crippen LogP contribution in [0, 0.1) is 10.1 Å². The molecule has 0 saturated carbocycles. The molecule has 0 amide bonds. The van der Waals surface area contributed by atoms with Gasteiger partial charge in [-0.2, -0.15) is 0 Å². The summed E-state index contributed by atoms with van der Waals surface area (Å²) in [5, 5.41) is 11.5. The minimum Gasteiger partial charge on any atom is -0.299 e. The van der Waals surface area contributed by atoms with Crippen molar-refractivity contribution in [3.63, 3.8) is 0 Å². The van der Waals surface area contributed by atoms with Crippen LogP contribution < -0.4 is 0 Å². The van der Waals surface area contributed by atoms with Crippen molar-refractivity contribution in [3.8, 4) is 11.1 Å². The topological polar surface area (TPSA) is 46.4 Å². The molecule has 0 saturated heterocycles. The summed E-state index contributed by atoms with van der Waals surface area (Å²) in [6, 6.07) is 12.0. The lowest BCUT2D eigenvalue weighted by Gasteiger charge is -2.39. The van der Waals surface area contributed by atoms with Gasteiger partial charge < -0.3 is 0 Å². The number of nitro benzene ring substituents is 1. The van der Waals surface area contributed by atoms with E-state index in [4.69, 9.17) is 0 Å². The van der Waals surface area contributed by atoms with Crippen molar-refractivity contribution in [3.05, 3.63) is 63.2 Å². The zero-order valence-electron chi connectivity index (χ0n) is 11.9. The lowest BCUT2D eigenvalue weighted by Crippen LogP contribution is -2.35. The molecular formula is C17H16N2O2. The minimum atomic E-state index is -0.247. The average molecular weight is 280 g/mol. The molecule has 106 valence electrons. The number of nitro groups is 1. The zero-order chi connectivity index (χ0) is 14.6. The van der Waals surface area contributed by atoms with Gasteiger partial charge in [0.15, 0.2) is 0 Å². The van der Waals surface area contributed by atoms with Crippen molar-refractivity contribution in [2.45, 2.75) is 18.9 Å². The van der Waals surface area contributed by atoms with Crippen molar-refractivity contribution in [2.75, 3.05) is 13.6 Å². The number of benzene rings is 2. The van der Waals surface area contributed by atoms with Gasteiger partial charge in [-0.1, -0.05) is 30.3 Å². The summed E-state index contributed by atoms with van der Waals surface area (Å²) in [7, 11) is 2.12. The maximum Gasteiger partial charge on any atom is 0.277 e. The van der Waals surface area contributed by atoms with Gasteiger partial charge in [-0.3, -0.25) is 15.0 Å². The van der Waals surface area contributed by atoms with Crippen LogP contribution in [0.25, 0.3) is 11.1 Å². The van der Waals surface area contributed by atoms with E-state index in [1.54, 1.807) is 6.07 Å². The Morgan fingerprint density at radius 1 is 1.19 bits per heavy atom. The van der Waals surface area contributed by atoms with Crippen molar-refractivity contribution in [1.82, 2.24) is 4.90 Å². The lowest BCUT2D eigenvalue weighted by atomic mass is 9.76. The van der Waals surface area contributed by atoms with E-state index in [0.29, 0.717) is 0 Å². The van der Waals surface area contributed by atoms with Crippen molar-refractivity contribution in [1.29, 1.82) is 0 Å². The molecule has 0 aromatic heterocycles. The fourth-order valence-corrected chi connectivity index (χ4v) is 3.77. The second-order valence-electron chi connectivity index (χ2n) is 5.90. The van der Waals surface area contributed by atoms with Gasteiger partial charge in [-0.05, 0) is 42.1 Å². The molecule has 1 aliphatic heterocycles. The highest BCUT2D eigenvalue weighted by Crippen LogP contribution is 2.48. The van der Waals surface area contributed by atoms with Crippen LogP contribution in [-0.4, -0.2) is 23.4 Å². The highest BCUT2D eigenvalue weighted by molar-refractivity contribution is 5.83. The first-order valence-corrected chi connectivity index (χ1v) is 7.25. The molecule has 1 aliphatic carbocycles. The number of rotatable bonds is 1. The Balaban J connectivity index is 2.09. The van der Waals surface area contributed by atoms with Gasteiger partial charge in [0.1, 0.15) is 0 Å². The van der Waals surface area contributed by atoms with Crippen LogP contribution in [0.3, 0.4) is 0 Å². The van der Waals surface area contributed by atoms with Crippen LogP contribution in [0.4, 0.5) is 5.69 Å². The highest BCUT2D eigenvalue weighted by Gasteiger charge is 2.36. The molecule has 2 aliphatic rings. The van der Waals surface area contributed by atoms with E-state index >= 15 is 0 Å². The van der Waals surface area contributed by atoms with Crippen LogP contribution in [0.2, 0.25) is 0 Å². The van der Waals surface area contributed by atoms with Crippen LogP contribution in [0.1, 0.15) is 22.7 Å². The van der Waals surface area contributed by atoms with Gasteiger partial charge in [-0.25, -0.2) is 0 Å². The third kappa shape index (κ3) is 1.72.